The molecule has 0 heterocycles. The first-order chi connectivity index (χ1) is 8.85. The fourth-order valence-corrected chi connectivity index (χ4v) is 1.79. The van der Waals surface area contributed by atoms with E-state index in [0.717, 1.165) is 10.8 Å². The van der Waals surface area contributed by atoms with E-state index in [1.807, 2.05) is 54.8 Å². The van der Waals surface area contributed by atoms with Crippen molar-refractivity contribution >= 4 is 17.1 Å². The van der Waals surface area contributed by atoms with Crippen molar-refractivity contribution < 1.29 is 9.53 Å². The molecule has 3 heteroatoms. The van der Waals surface area contributed by atoms with Gasteiger partial charge in [0.1, 0.15) is 5.75 Å². The zero-order chi connectivity index (χ0) is 12.8. The normalized spacial score (nSPS) is 11.7. The van der Waals surface area contributed by atoms with Gasteiger partial charge in [-0.05, 0) is 11.5 Å². The third-order valence-electron chi connectivity index (χ3n) is 2.67. The van der Waals surface area contributed by atoms with Crippen molar-refractivity contribution in [2.24, 2.45) is 0 Å². The molecule has 0 spiro atoms. The second-order valence-corrected chi connectivity index (χ2v) is 3.90. The summed E-state index contributed by atoms with van der Waals surface area (Å²) in [6.45, 7) is 0. The minimum atomic E-state index is -0.685. The number of carbonyl (C=O) groups excluding carboxylic acids is 1. The topological polar surface area (TPSA) is 50.1 Å². The van der Waals surface area contributed by atoms with Gasteiger partial charge in [0.15, 0.2) is 6.10 Å². The van der Waals surface area contributed by atoms with Crippen molar-refractivity contribution in [3.05, 3.63) is 42.5 Å². The van der Waals surface area contributed by atoms with Crippen LogP contribution in [-0.4, -0.2) is 12.4 Å². The fourth-order valence-electron chi connectivity index (χ4n) is 1.79. The predicted octanol–water partition coefficient (Wildman–Crippen LogP) is 3.00. The number of nitriles is 1. The van der Waals surface area contributed by atoms with Crippen molar-refractivity contribution in [1.29, 1.82) is 5.26 Å². The molecule has 3 nitrogen and oxygen atoms in total. The molecular weight excluding hydrogens is 226 g/mol. The van der Waals surface area contributed by atoms with Crippen molar-refractivity contribution in [2.75, 3.05) is 0 Å². The lowest BCUT2D eigenvalue weighted by molar-refractivity contribution is 0.253. The van der Waals surface area contributed by atoms with Crippen LogP contribution in [0.3, 0.4) is 0 Å². The summed E-state index contributed by atoms with van der Waals surface area (Å²) in [6, 6.07) is 15.5. The quantitative estimate of drug-likeness (QED) is 0.804. The van der Waals surface area contributed by atoms with E-state index in [-0.39, 0.29) is 6.42 Å². The molecule has 0 aromatic heterocycles. The number of benzene rings is 2. The third kappa shape index (κ3) is 2.67. The molecule has 1 unspecified atom stereocenters. The average Bonchev–Trinajstić information content (AvgIpc) is 2.43. The van der Waals surface area contributed by atoms with Gasteiger partial charge in [0.25, 0.3) is 0 Å². The first kappa shape index (κ1) is 12.1. The maximum Gasteiger partial charge on any atom is 0.242 e. The summed E-state index contributed by atoms with van der Waals surface area (Å²) in [6.07, 6.45) is 1.79. The molecule has 0 aliphatic rings. The van der Waals surface area contributed by atoms with E-state index in [1.54, 1.807) is 0 Å². The van der Waals surface area contributed by atoms with Gasteiger partial charge < -0.3 is 4.74 Å². The van der Waals surface area contributed by atoms with Crippen LogP contribution in [0.2, 0.25) is 0 Å². The Morgan fingerprint density at radius 2 is 1.94 bits per heavy atom. The second-order valence-electron chi connectivity index (χ2n) is 3.90. The molecule has 0 fully saturated rings. The molecule has 0 saturated carbocycles. The van der Waals surface area contributed by atoms with E-state index in [1.165, 1.54) is 0 Å². The van der Waals surface area contributed by atoms with Crippen LogP contribution >= 0.6 is 0 Å². The van der Waals surface area contributed by atoms with Crippen LogP contribution in [0.4, 0.5) is 0 Å². The minimum absolute atomic E-state index is 0.282. The summed E-state index contributed by atoms with van der Waals surface area (Å²) in [5, 5.41) is 10.5. The molecule has 0 amide bonds. The zero-order valence-corrected chi connectivity index (χ0v) is 9.80. The Balaban J connectivity index is 2.25. The fraction of sp³-hybridized carbons (Fsp3) is 0.200. The Labute approximate surface area is 106 Å². The van der Waals surface area contributed by atoms with E-state index in [4.69, 9.17) is 10.00 Å². The lowest BCUT2D eigenvalue weighted by Crippen LogP contribution is -2.17. The van der Waals surface area contributed by atoms with Gasteiger partial charge in [0.05, 0.1) is 6.07 Å². The van der Waals surface area contributed by atoms with Crippen LogP contribution in [0, 0.1) is 11.3 Å². The molecule has 2 rings (SSSR count). The van der Waals surface area contributed by atoms with Crippen LogP contribution in [0.1, 0.15) is 12.8 Å². The Bertz CT molecular complexity index is 581. The summed E-state index contributed by atoms with van der Waals surface area (Å²) >= 11 is 0. The lowest BCUT2D eigenvalue weighted by atomic mass is 10.1. The SMILES string of the molecule is N#CCCC([C]=O)Oc1cccc2ccccc12. The van der Waals surface area contributed by atoms with Crippen LogP contribution in [0.15, 0.2) is 42.5 Å². The lowest BCUT2D eigenvalue weighted by Gasteiger charge is -2.13. The van der Waals surface area contributed by atoms with Crippen molar-refractivity contribution in [2.45, 2.75) is 18.9 Å². The molecule has 0 saturated heterocycles. The Morgan fingerprint density at radius 3 is 2.72 bits per heavy atom. The minimum Gasteiger partial charge on any atom is -0.481 e. The summed E-state index contributed by atoms with van der Waals surface area (Å²) in [7, 11) is 0. The number of hydrogen-bond donors (Lipinski definition) is 0. The van der Waals surface area contributed by atoms with Gasteiger partial charge in [-0.15, -0.1) is 0 Å². The maximum atomic E-state index is 10.8. The molecule has 89 valence electrons. The van der Waals surface area contributed by atoms with Gasteiger partial charge in [-0.3, -0.25) is 4.79 Å². The van der Waals surface area contributed by atoms with Crippen LogP contribution < -0.4 is 4.74 Å². The predicted molar refractivity (Wildman–Crippen MR) is 68.9 cm³/mol. The van der Waals surface area contributed by atoms with Gasteiger partial charge in [-0.1, -0.05) is 36.4 Å². The second kappa shape index (κ2) is 5.83. The average molecular weight is 238 g/mol. The molecular formula is C15H12NO2. The van der Waals surface area contributed by atoms with Gasteiger partial charge in [0.2, 0.25) is 6.29 Å². The maximum absolute atomic E-state index is 10.8. The number of hydrogen-bond acceptors (Lipinski definition) is 3. The smallest absolute Gasteiger partial charge is 0.242 e. The Kier molecular flexibility index (Phi) is 3.93. The highest BCUT2D eigenvalue weighted by molar-refractivity contribution is 5.88. The van der Waals surface area contributed by atoms with E-state index < -0.39 is 6.10 Å². The molecule has 0 bridgehead atoms. The van der Waals surface area contributed by atoms with E-state index >= 15 is 0 Å². The highest BCUT2D eigenvalue weighted by atomic mass is 16.5. The molecule has 0 aliphatic heterocycles. The van der Waals surface area contributed by atoms with Gasteiger partial charge in [-0.2, -0.15) is 5.26 Å². The molecule has 2 aromatic carbocycles. The molecule has 0 N–H and O–H groups in total. The van der Waals surface area contributed by atoms with Crippen LogP contribution in [0.25, 0.3) is 10.8 Å². The third-order valence-corrected chi connectivity index (χ3v) is 2.67. The van der Waals surface area contributed by atoms with Crippen LogP contribution in [0.5, 0.6) is 5.75 Å². The van der Waals surface area contributed by atoms with E-state index in [9.17, 15) is 4.79 Å². The highest BCUT2D eigenvalue weighted by Crippen LogP contribution is 2.26. The first-order valence-corrected chi connectivity index (χ1v) is 5.74. The van der Waals surface area contributed by atoms with Crippen molar-refractivity contribution in [1.82, 2.24) is 0 Å². The van der Waals surface area contributed by atoms with Gasteiger partial charge in [0, 0.05) is 18.2 Å². The summed E-state index contributed by atoms with van der Waals surface area (Å²) in [4.78, 5) is 10.8. The van der Waals surface area contributed by atoms with Gasteiger partial charge >= 0.3 is 0 Å². The molecule has 2 aromatic rings. The monoisotopic (exact) mass is 238 g/mol. The van der Waals surface area contributed by atoms with E-state index in [0.29, 0.717) is 12.2 Å². The summed E-state index contributed by atoms with van der Waals surface area (Å²) in [5.74, 6) is 0.652. The zero-order valence-electron chi connectivity index (χ0n) is 9.80. The summed E-state index contributed by atoms with van der Waals surface area (Å²) < 4.78 is 5.60. The highest BCUT2D eigenvalue weighted by Gasteiger charge is 2.11. The number of rotatable bonds is 5. The number of nitrogens with zero attached hydrogens (tertiary/aromatic N) is 1. The largest absolute Gasteiger partial charge is 0.481 e. The number of fused-ring (bicyclic) bond motifs is 1. The first-order valence-electron chi connectivity index (χ1n) is 5.74. The van der Waals surface area contributed by atoms with Crippen molar-refractivity contribution in [3.63, 3.8) is 0 Å². The summed E-state index contributed by atoms with van der Waals surface area (Å²) in [5.41, 5.74) is 0. The Morgan fingerprint density at radius 1 is 1.17 bits per heavy atom. The van der Waals surface area contributed by atoms with E-state index in [2.05, 4.69) is 0 Å². The molecule has 1 atom stereocenters. The number of ether oxygens (including phenoxy) is 1. The Hall–Kier alpha value is -2.34. The molecule has 18 heavy (non-hydrogen) atoms. The van der Waals surface area contributed by atoms with Gasteiger partial charge in [-0.25, -0.2) is 0 Å². The molecule has 1 radical (unpaired) electrons. The van der Waals surface area contributed by atoms with Crippen molar-refractivity contribution in [3.8, 4) is 11.8 Å². The van der Waals surface area contributed by atoms with Crippen LogP contribution in [-0.2, 0) is 4.79 Å². The molecule has 0 aliphatic carbocycles. The standard InChI is InChI=1S/C15H12NO2/c16-10-4-7-13(11-17)18-15-9-3-6-12-5-1-2-8-14(12)15/h1-3,5-6,8-9,13H,4,7H2.